The van der Waals surface area contributed by atoms with E-state index in [2.05, 4.69) is 32.6 Å². The Bertz CT molecular complexity index is 697. The molecule has 0 aliphatic carbocycles. The molecule has 0 aromatic carbocycles. The minimum Gasteiger partial charge on any atom is -0.465 e. The van der Waals surface area contributed by atoms with E-state index in [-0.39, 0.29) is 24.0 Å². The number of hydrogen-bond donors (Lipinski definition) is 0. The van der Waals surface area contributed by atoms with Crippen molar-refractivity contribution in [1.29, 1.82) is 0 Å². The van der Waals surface area contributed by atoms with E-state index in [0.717, 1.165) is 51.5 Å². The van der Waals surface area contributed by atoms with Crippen LogP contribution in [0.5, 0.6) is 0 Å². The minimum absolute atomic E-state index is 0.00657. The standard InChI is InChI=1S/C45H89NO4/c1-6-10-13-16-21-28-35-42(5)50-44(47)38-31-24-19-25-32-39-46(9-4)40-33-26-20-27-34-41-49-45(48)43(36-29-22-17-14-11-7-2)37-30-23-18-15-12-8-3/h42-43H,6-41H2,1-5H3. The van der Waals surface area contributed by atoms with Crippen LogP contribution in [-0.2, 0) is 19.1 Å². The average Bonchev–Trinajstić information content (AvgIpc) is 3.11. The van der Waals surface area contributed by atoms with Crippen LogP contribution < -0.4 is 0 Å². The fraction of sp³-hybridized carbons (Fsp3) is 0.956. The number of carbonyl (C=O) groups excluding carboxylic acids is 2. The van der Waals surface area contributed by atoms with Gasteiger partial charge in [0, 0.05) is 6.42 Å². The Balaban J connectivity index is 3.90. The summed E-state index contributed by atoms with van der Waals surface area (Å²) in [6.07, 6.45) is 38.4. The highest BCUT2D eigenvalue weighted by Crippen LogP contribution is 2.21. The number of esters is 2. The van der Waals surface area contributed by atoms with Crippen LogP contribution in [0.4, 0.5) is 0 Å². The molecule has 1 atom stereocenters. The topological polar surface area (TPSA) is 55.8 Å². The van der Waals surface area contributed by atoms with Gasteiger partial charge in [0.05, 0.1) is 18.6 Å². The third kappa shape index (κ3) is 34.0. The molecule has 50 heavy (non-hydrogen) atoms. The molecule has 5 heteroatoms. The maximum Gasteiger partial charge on any atom is 0.308 e. The van der Waals surface area contributed by atoms with Gasteiger partial charge in [-0.25, -0.2) is 0 Å². The molecule has 0 aromatic rings. The van der Waals surface area contributed by atoms with Gasteiger partial charge in [0.1, 0.15) is 0 Å². The number of hydrogen-bond acceptors (Lipinski definition) is 5. The lowest BCUT2D eigenvalue weighted by Gasteiger charge is -2.20. The molecule has 0 rings (SSSR count). The Kier molecular flexibility index (Phi) is 38.3. The summed E-state index contributed by atoms with van der Waals surface area (Å²) in [5.41, 5.74) is 0. The maximum absolute atomic E-state index is 13.0. The molecule has 0 aliphatic heterocycles. The van der Waals surface area contributed by atoms with Crippen LogP contribution >= 0.6 is 0 Å². The van der Waals surface area contributed by atoms with Crippen LogP contribution in [0.25, 0.3) is 0 Å². The summed E-state index contributed by atoms with van der Waals surface area (Å²) >= 11 is 0. The predicted molar refractivity (Wildman–Crippen MR) is 217 cm³/mol. The summed E-state index contributed by atoms with van der Waals surface area (Å²) in [6.45, 7) is 15.2. The molecule has 0 aromatic heterocycles. The number of rotatable bonds is 40. The van der Waals surface area contributed by atoms with Crippen LogP contribution in [0, 0.1) is 5.92 Å². The van der Waals surface area contributed by atoms with E-state index in [1.54, 1.807) is 0 Å². The summed E-state index contributed by atoms with van der Waals surface area (Å²) in [5.74, 6) is 0.189. The maximum atomic E-state index is 13.0. The average molecular weight is 708 g/mol. The van der Waals surface area contributed by atoms with Crippen molar-refractivity contribution >= 4 is 11.9 Å². The SMILES string of the molecule is CCCCCCCCC(C)OC(=O)CCCCCCCN(CC)CCCCCCCOC(=O)C(CCCCCCCC)CCCCCCCC. The van der Waals surface area contributed by atoms with Crippen molar-refractivity contribution in [3.05, 3.63) is 0 Å². The smallest absolute Gasteiger partial charge is 0.308 e. The quantitative estimate of drug-likeness (QED) is 0.0469. The zero-order chi connectivity index (χ0) is 36.8. The lowest BCUT2D eigenvalue weighted by molar-refractivity contribution is -0.150. The van der Waals surface area contributed by atoms with E-state index < -0.39 is 0 Å². The van der Waals surface area contributed by atoms with Gasteiger partial charge < -0.3 is 14.4 Å². The molecule has 5 nitrogen and oxygen atoms in total. The van der Waals surface area contributed by atoms with Gasteiger partial charge >= 0.3 is 11.9 Å². The summed E-state index contributed by atoms with van der Waals surface area (Å²) in [5, 5.41) is 0. The van der Waals surface area contributed by atoms with Crippen molar-refractivity contribution < 1.29 is 19.1 Å². The number of carbonyl (C=O) groups is 2. The van der Waals surface area contributed by atoms with Gasteiger partial charge in [0.25, 0.3) is 0 Å². The van der Waals surface area contributed by atoms with E-state index in [9.17, 15) is 9.59 Å². The first-order valence-electron chi connectivity index (χ1n) is 22.6. The molecule has 0 saturated heterocycles. The normalized spacial score (nSPS) is 12.2. The van der Waals surface area contributed by atoms with Crippen molar-refractivity contribution in [2.45, 2.75) is 246 Å². The van der Waals surface area contributed by atoms with Crippen molar-refractivity contribution in [3.63, 3.8) is 0 Å². The van der Waals surface area contributed by atoms with E-state index in [1.165, 1.54) is 167 Å². The van der Waals surface area contributed by atoms with E-state index in [4.69, 9.17) is 9.47 Å². The molecule has 298 valence electrons. The largest absolute Gasteiger partial charge is 0.465 e. The fourth-order valence-corrected chi connectivity index (χ4v) is 7.10. The zero-order valence-corrected chi connectivity index (χ0v) is 34.7. The van der Waals surface area contributed by atoms with Gasteiger partial charge in [0.2, 0.25) is 0 Å². The monoisotopic (exact) mass is 708 g/mol. The first kappa shape index (κ1) is 48.9. The van der Waals surface area contributed by atoms with Gasteiger partial charge in [-0.3, -0.25) is 9.59 Å². The van der Waals surface area contributed by atoms with Crippen LogP contribution in [0.1, 0.15) is 240 Å². The molecule has 0 fully saturated rings. The van der Waals surface area contributed by atoms with Gasteiger partial charge in [-0.05, 0) is 77.9 Å². The number of unbranched alkanes of at least 4 members (excludes halogenated alkanes) is 23. The molecule has 0 bridgehead atoms. The molecule has 0 spiro atoms. The molecule has 0 saturated carbocycles. The Morgan fingerprint density at radius 3 is 1.36 bits per heavy atom. The van der Waals surface area contributed by atoms with Crippen molar-refractivity contribution in [3.8, 4) is 0 Å². The highest BCUT2D eigenvalue weighted by Gasteiger charge is 2.19. The zero-order valence-electron chi connectivity index (χ0n) is 34.7. The van der Waals surface area contributed by atoms with Gasteiger partial charge in [-0.15, -0.1) is 0 Å². The van der Waals surface area contributed by atoms with E-state index in [0.29, 0.717) is 13.0 Å². The third-order valence-electron chi connectivity index (χ3n) is 10.6. The second-order valence-corrected chi connectivity index (χ2v) is 15.6. The van der Waals surface area contributed by atoms with Crippen molar-refractivity contribution in [2.24, 2.45) is 5.92 Å². The first-order chi connectivity index (χ1) is 24.5. The molecule has 0 heterocycles. The predicted octanol–water partition coefficient (Wildman–Crippen LogP) is 13.9. The highest BCUT2D eigenvalue weighted by atomic mass is 16.5. The van der Waals surface area contributed by atoms with Crippen LogP contribution in [-0.4, -0.2) is 49.2 Å². The van der Waals surface area contributed by atoms with Crippen molar-refractivity contribution in [2.75, 3.05) is 26.2 Å². The van der Waals surface area contributed by atoms with Crippen LogP contribution in [0.2, 0.25) is 0 Å². The first-order valence-corrected chi connectivity index (χ1v) is 22.6. The van der Waals surface area contributed by atoms with Gasteiger partial charge in [-0.2, -0.15) is 0 Å². The fourth-order valence-electron chi connectivity index (χ4n) is 7.10. The molecule has 0 N–H and O–H groups in total. The van der Waals surface area contributed by atoms with E-state index >= 15 is 0 Å². The molecule has 0 amide bonds. The van der Waals surface area contributed by atoms with Gasteiger partial charge in [-0.1, -0.05) is 175 Å². The molecular formula is C45H89NO4. The lowest BCUT2D eigenvalue weighted by atomic mass is 9.94. The summed E-state index contributed by atoms with van der Waals surface area (Å²) in [7, 11) is 0. The Morgan fingerprint density at radius 1 is 0.480 bits per heavy atom. The van der Waals surface area contributed by atoms with E-state index in [1.807, 2.05) is 6.92 Å². The summed E-state index contributed by atoms with van der Waals surface area (Å²) in [6, 6.07) is 0. The Morgan fingerprint density at radius 2 is 0.880 bits per heavy atom. The summed E-state index contributed by atoms with van der Waals surface area (Å²) < 4.78 is 11.4. The molecule has 0 radical (unpaired) electrons. The third-order valence-corrected chi connectivity index (χ3v) is 10.6. The van der Waals surface area contributed by atoms with Crippen molar-refractivity contribution in [1.82, 2.24) is 4.90 Å². The molecule has 0 aliphatic rings. The molecular weight excluding hydrogens is 618 g/mol. The second-order valence-electron chi connectivity index (χ2n) is 15.6. The van der Waals surface area contributed by atoms with Crippen LogP contribution in [0.15, 0.2) is 0 Å². The van der Waals surface area contributed by atoms with Gasteiger partial charge in [0.15, 0.2) is 0 Å². The number of nitrogens with zero attached hydrogens (tertiary/aromatic N) is 1. The Labute approximate surface area is 313 Å². The lowest BCUT2D eigenvalue weighted by Crippen LogP contribution is -2.25. The summed E-state index contributed by atoms with van der Waals surface area (Å²) in [4.78, 5) is 27.7. The second kappa shape index (κ2) is 39.1. The highest BCUT2D eigenvalue weighted by molar-refractivity contribution is 5.72. The number of ether oxygens (including phenoxy) is 2. The minimum atomic E-state index is -0.00657. The Hall–Kier alpha value is -1.10. The molecule has 1 unspecified atom stereocenters. The van der Waals surface area contributed by atoms with Crippen LogP contribution in [0.3, 0.4) is 0 Å².